The number of hydrogen-bond donors (Lipinski definition) is 1. The Morgan fingerprint density at radius 2 is 1.94 bits per heavy atom. The van der Waals surface area contributed by atoms with Gasteiger partial charge in [0.25, 0.3) is 0 Å². The van der Waals surface area contributed by atoms with E-state index >= 15 is 0 Å². The molecule has 0 saturated carbocycles. The van der Waals surface area contributed by atoms with Crippen molar-refractivity contribution in [3.05, 3.63) is 40.0 Å². The standard InChI is InChI=1S/C13H13Cl2N3/c1-3-9-7-12(16-2)18-13(17-9)10-6-8(14)4-5-11(10)15/h4-7H,3H2,1-2H3,(H,16,17,18). The van der Waals surface area contributed by atoms with Crippen molar-refractivity contribution in [2.24, 2.45) is 0 Å². The van der Waals surface area contributed by atoms with E-state index in [2.05, 4.69) is 15.3 Å². The van der Waals surface area contributed by atoms with E-state index < -0.39 is 0 Å². The average molecular weight is 282 g/mol. The largest absolute Gasteiger partial charge is 0.373 e. The minimum absolute atomic E-state index is 0.589. The Kier molecular flexibility index (Phi) is 4.04. The Morgan fingerprint density at radius 3 is 2.61 bits per heavy atom. The van der Waals surface area contributed by atoms with E-state index in [0.717, 1.165) is 23.5 Å². The van der Waals surface area contributed by atoms with Gasteiger partial charge in [0.15, 0.2) is 5.82 Å². The maximum atomic E-state index is 6.16. The second-order valence-electron chi connectivity index (χ2n) is 3.80. The molecule has 0 amide bonds. The summed E-state index contributed by atoms with van der Waals surface area (Å²) < 4.78 is 0. The first kappa shape index (κ1) is 13.1. The normalized spacial score (nSPS) is 10.4. The molecule has 0 fully saturated rings. The van der Waals surface area contributed by atoms with Crippen LogP contribution in [0.1, 0.15) is 12.6 Å². The van der Waals surface area contributed by atoms with E-state index in [9.17, 15) is 0 Å². The molecule has 0 bridgehead atoms. The van der Waals surface area contributed by atoms with Crippen LogP contribution in [0.25, 0.3) is 11.4 Å². The molecule has 3 nitrogen and oxygen atoms in total. The molecular weight excluding hydrogens is 269 g/mol. The third-order valence-corrected chi connectivity index (χ3v) is 3.13. The molecule has 0 aliphatic rings. The number of aryl methyl sites for hydroxylation is 1. The fraction of sp³-hybridized carbons (Fsp3) is 0.231. The number of nitrogens with zero attached hydrogens (tertiary/aromatic N) is 2. The molecule has 5 heteroatoms. The van der Waals surface area contributed by atoms with E-state index in [4.69, 9.17) is 23.2 Å². The van der Waals surface area contributed by atoms with Gasteiger partial charge in [-0.05, 0) is 24.6 Å². The number of nitrogens with one attached hydrogen (secondary N) is 1. The van der Waals surface area contributed by atoms with Gasteiger partial charge in [0.1, 0.15) is 5.82 Å². The average Bonchev–Trinajstić information content (AvgIpc) is 2.40. The molecule has 1 aromatic carbocycles. The van der Waals surface area contributed by atoms with Crippen LogP contribution in [-0.4, -0.2) is 17.0 Å². The maximum absolute atomic E-state index is 6.16. The number of hydrogen-bond acceptors (Lipinski definition) is 3. The van der Waals surface area contributed by atoms with Crippen molar-refractivity contribution < 1.29 is 0 Å². The lowest BCUT2D eigenvalue weighted by Gasteiger charge is -2.08. The van der Waals surface area contributed by atoms with Crippen LogP contribution in [-0.2, 0) is 6.42 Å². The minimum Gasteiger partial charge on any atom is -0.373 e. The van der Waals surface area contributed by atoms with Crippen LogP contribution >= 0.6 is 23.2 Å². The zero-order valence-electron chi connectivity index (χ0n) is 10.2. The molecule has 2 aromatic rings. The predicted octanol–water partition coefficient (Wildman–Crippen LogP) is 4.05. The molecule has 94 valence electrons. The van der Waals surface area contributed by atoms with Crippen LogP contribution in [0.4, 0.5) is 5.82 Å². The van der Waals surface area contributed by atoms with Gasteiger partial charge in [-0.3, -0.25) is 0 Å². The van der Waals surface area contributed by atoms with Gasteiger partial charge >= 0.3 is 0 Å². The van der Waals surface area contributed by atoms with Crippen molar-refractivity contribution >= 4 is 29.0 Å². The first-order valence-corrected chi connectivity index (χ1v) is 6.40. The lowest BCUT2D eigenvalue weighted by atomic mass is 10.2. The Hall–Kier alpha value is -1.32. The molecule has 0 spiro atoms. The summed E-state index contributed by atoms with van der Waals surface area (Å²) >= 11 is 12.1. The van der Waals surface area contributed by atoms with Crippen molar-refractivity contribution in [3.8, 4) is 11.4 Å². The summed E-state index contributed by atoms with van der Waals surface area (Å²) in [5.74, 6) is 1.36. The van der Waals surface area contributed by atoms with Crippen LogP contribution in [0.2, 0.25) is 10.0 Å². The van der Waals surface area contributed by atoms with Gasteiger partial charge in [-0.25, -0.2) is 9.97 Å². The molecule has 0 radical (unpaired) electrons. The summed E-state index contributed by atoms with van der Waals surface area (Å²) in [6, 6.07) is 7.19. The van der Waals surface area contributed by atoms with E-state index in [1.165, 1.54) is 0 Å². The molecule has 1 aromatic heterocycles. The topological polar surface area (TPSA) is 37.8 Å². The highest BCUT2D eigenvalue weighted by atomic mass is 35.5. The Morgan fingerprint density at radius 1 is 1.17 bits per heavy atom. The number of benzene rings is 1. The first-order chi connectivity index (χ1) is 8.63. The van der Waals surface area contributed by atoms with Crippen LogP contribution in [0, 0.1) is 0 Å². The fourth-order valence-corrected chi connectivity index (χ4v) is 1.97. The monoisotopic (exact) mass is 281 g/mol. The lowest BCUT2D eigenvalue weighted by molar-refractivity contribution is 1.01. The van der Waals surface area contributed by atoms with Gasteiger partial charge in [-0.15, -0.1) is 0 Å². The molecule has 0 aliphatic carbocycles. The summed E-state index contributed by atoms with van der Waals surface area (Å²) in [6.07, 6.45) is 0.836. The number of rotatable bonds is 3. The predicted molar refractivity (Wildman–Crippen MR) is 76.4 cm³/mol. The summed E-state index contributed by atoms with van der Waals surface area (Å²) in [5.41, 5.74) is 1.70. The lowest BCUT2D eigenvalue weighted by Crippen LogP contribution is -2.00. The third-order valence-electron chi connectivity index (χ3n) is 2.57. The summed E-state index contributed by atoms with van der Waals surface area (Å²) in [4.78, 5) is 8.88. The number of halogens is 2. The molecule has 0 unspecified atom stereocenters. The molecule has 0 aliphatic heterocycles. The highest BCUT2D eigenvalue weighted by Gasteiger charge is 2.10. The zero-order valence-corrected chi connectivity index (χ0v) is 11.7. The van der Waals surface area contributed by atoms with Crippen LogP contribution in [0.3, 0.4) is 0 Å². The SMILES string of the molecule is CCc1cc(NC)nc(-c2cc(Cl)ccc2Cl)n1. The van der Waals surface area contributed by atoms with Gasteiger partial charge in [-0.2, -0.15) is 0 Å². The molecule has 1 heterocycles. The van der Waals surface area contributed by atoms with Crippen molar-refractivity contribution in [2.45, 2.75) is 13.3 Å². The molecule has 18 heavy (non-hydrogen) atoms. The van der Waals surface area contributed by atoms with Gasteiger partial charge < -0.3 is 5.32 Å². The summed E-state index contributed by atoms with van der Waals surface area (Å²) in [7, 11) is 1.82. The van der Waals surface area contributed by atoms with Crippen molar-refractivity contribution in [1.82, 2.24) is 9.97 Å². The summed E-state index contributed by atoms with van der Waals surface area (Å²) in [5, 5.41) is 4.23. The van der Waals surface area contributed by atoms with Gasteiger partial charge in [0.05, 0.1) is 5.02 Å². The third kappa shape index (κ3) is 2.74. The maximum Gasteiger partial charge on any atom is 0.163 e. The molecular formula is C13H13Cl2N3. The Labute approximate surface area is 116 Å². The Balaban J connectivity index is 2.58. The van der Waals surface area contributed by atoms with Crippen LogP contribution < -0.4 is 5.32 Å². The van der Waals surface area contributed by atoms with E-state index in [1.807, 2.05) is 20.0 Å². The number of aromatic nitrogens is 2. The van der Waals surface area contributed by atoms with Gasteiger partial charge in [-0.1, -0.05) is 30.1 Å². The molecule has 2 rings (SSSR count). The highest BCUT2D eigenvalue weighted by molar-refractivity contribution is 6.35. The van der Waals surface area contributed by atoms with Crippen molar-refractivity contribution in [3.63, 3.8) is 0 Å². The van der Waals surface area contributed by atoms with Crippen LogP contribution in [0.15, 0.2) is 24.3 Å². The highest BCUT2D eigenvalue weighted by Crippen LogP contribution is 2.29. The fourth-order valence-electron chi connectivity index (χ4n) is 1.60. The van der Waals surface area contributed by atoms with Gasteiger partial charge in [0, 0.05) is 29.4 Å². The molecule has 0 saturated heterocycles. The van der Waals surface area contributed by atoms with E-state index in [0.29, 0.717) is 15.9 Å². The second kappa shape index (κ2) is 5.55. The molecule has 1 N–H and O–H groups in total. The van der Waals surface area contributed by atoms with E-state index in [1.54, 1.807) is 18.2 Å². The smallest absolute Gasteiger partial charge is 0.163 e. The summed E-state index contributed by atoms with van der Waals surface area (Å²) in [6.45, 7) is 2.05. The Bertz CT molecular complexity index is 548. The van der Waals surface area contributed by atoms with E-state index in [-0.39, 0.29) is 0 Å². The quantitative estimate of drug-likeness (QED) is 0.922. The van der Waals surface area contributed by atoms with Crippen molar-refractivity contribution in [1.29, 1.82) is 0 Å². The second-order valence-corrected chi connectivity index (χ2v) is 4.64. The van der Waals surface area contributed by atoms with Gasteiger partial charge in [0.2, 0.25) is 0 Å². The van der Waals surface area contributed by atoms with Crippen molar-refractivity contribution in [2.75, 3.05) is 12.4 Å². The molecule has 0 atom stereocenters. The first-order valence-electron chi connectivity index (χ1n) is 5.65. The zero-order chi connectivity index (χ0) is 13.1. The van der Waals surface area contributed by atoms with Crippen LogP contribution in [0.5, 0.6) is 0 Å². The number of anilines is 1. The minimum atomic E-state index is 0.589.